The van der Waals surface area contributed by atoms with E-state index in [-0.39, 0.29) is 17.3 Å². The molecule has 2 saturated heterocycles. The Morgan fingerprint density at radius 3 is 2.90 bits per heavy atom. The molecule has 1 unspecified atom stereocenters. The van der Waals surface area contributed by atoms with Crippen LogP contribution in [-0.2, 0) is 0 Å². The van der Waals surface area contributed by atoms with Crippen molar-refractivity contribution in [2.45, 2.75) is 50.0 Å². The second kappa shape index (κ2) is 6.81. The van der Waals surface area contributed by atoms with E-state index in [1.54, 1.807) is 47.6 Å². The lowest BCUT2D eigenvalue weighted by molar-refractivity contribution is 0.0234. The molecule has 2 N–H and O–H groups in total. The SMILES string of the molecule is C[C@]12CCC(N1)[C@H](F)[C@H](Oc1ccc(-c3ccc(-n4ccnc4)cc3O)nn1)C2. The number of phenols is 1. The van der Waals surface area contributed by atoms with Crippen molar-refractivity contribution in [3.63, 3.8) is 0 Å². The van der Waals surface area contributed by atoms with E-state index in [0.29, 0.717) is 23.6 Å². The number of hydrogen-bond donors (Lipinski definition) is 2. The molecule has 0 aliphatic carbocycles. The summed E-state index contributed by atoms with van der Waals surface area (Å²) in [6.45, 7) is 2.11. The number of fused-ring (bicyclic) bond motifs is 2. The highest BCUT2D eigenvalue weighted by Gasteiger charge is 2.49. The van der Waals surface area contributed by atoms with Gasteiger partial charge in [-0.15, -0.1) is 10.2 Å². The third-order valence-corrected chi connectivity index (χ3v) is 5.90. The summed E-state index contributed by atoms with van der Waals surface area (Å²) in [7, 11) is 0. The van der Waals surface area contributed by atoms with Crippen molar-refractivity contribution in [3.8, 4) is 28.6 Å². The van der Waals surface area contributed by atoms with Crippen molar-refractivity contribution >= 4 is 0 Å². The van der Waals surface area contributed by atoms with Gasteiger partial charge in [0.15, 0.2) is 6.17 Å². The smallest absolute Gasteiger partial charge is 0.233 e. The van der Waals surface area contributed by atoms with E-state index in [1.807, 2.05) is 6.07 Å². The summed E-state index contributed by atoms with van der Waals surface area (Å²) >= 11 is 0. The number of piperidine rings is 1. The van der Waals surface area contributed by atoms with Gasteiger partial charge >= 0.3 is 0 Å². The van der Waals surface area contributed by atoms with Crippen molar-refractivity contribution < 1.29 is 14.2 Å². The Kier molecular flexibility index (Phi) is 4.24. The topological polar surface area (TPSA) is 85.1 Å². The van der Waals surface area contributed by atoms with Gasteiger partial charge in [0.2, 0.25) is 5.88 Å². The molecule has 2 fully saturated rings. The molecular weight excluding hydrogens is 373 g/mol. The van der Waals surface area contributed by atoms with Gasteiger partial charge in [-0.05, 0) is 38.0 Å². The van der Waals surface area contributed by atoms with Gasteiger partial charge in [0.05, 0.1) is 17.7 Å². The number of aromatic nitrogens is 4. The Morgan fingerprint density at radius 2 is 2.17 bits per heavy atom. The zero-order valence-corrected chi connectivity index (χ0v) is 16.0. The first-order valence-electron chi connectivity index (χ1n) is 9.75. The van der Waals surface area contributed by atoms with Gasteiger partial charge < -0.3 is 19.7 Å². The average molecular weight is 395 g/mol. The fraction of sp³-hybridized carbons (Fsp3) is 0.381. The van der Waals surface area contributed by atoms with Crippen LogP contribution in [0.15, 0.2) is 49.1 Å². The molecule has 3 aromatic rings. The number of nitrogens with zero attached hydrogens (tertiary/aromatic N) is 4. The number of halogens is 1. The van der Waals surface area contributed by atoms with Crippen LogP contribution in [0.25, 0.3) is 16.9 Å². The Hall–Kier alpha value is -3.00. The van der Waals surface area contributed by atoms with Crippen molar-refractivity contribution in [2.24, 2.45) is 0 Å². The van der Waals surface area contributed by atoms with E-state index in [9.17, 15) is 9.50 Å². The summed E-state index contributed by atoms with van der Waals surface area (Å²) in [6.07, 6.45) is 5.92. The fourth-order valence-electron chi connectivity index (χ4n) is 4.38. The van der Waals surface area contributed by atoms with E-state index in [2.05, 4.69) is 27.4 Å². The maximum Gasteiger partial charge on any atom is 0.233 e. The maximum atomic E-state index is 14.7. The average Bonchev–Trinajstić information content (AvgIpc) is 3.36. The summed E-state index contributed by atoms with van der Waals surface area (Å²) in [5.74, 6) is 0.381. The highest BCUT2D eigenvalue weighted by Crippen LogP contribution is 2.38. The molecule has 4 heterocycles. The highest BCUT2D eigenvalue weighted by molar-refractivity contribution is 5.68. The summed E-state index contributed by atoms with van der Waals surface area (Å²) < 4.78 is 22.3. The van der Waals surface area contributed by atoms with Crippen molar-refractivity contribution in [2.75, 3.05) is 0 Å². The Balaban J connectivity index is 1.33. The molecule has 4 atom stereocenters. The molecule has 0 radical (unpaired) electrons. The Labute approximate surface area is 167 Å². The van der Waals surface area contributed by atoms with E-state index in [0.717, 1.165) is 18.5 Å². The zero-order chi connectivity index (χ0) is 20.0. The van der Waals surface area contributed by atoms with Crippen LogP contribution in [0.2, 0.25) is 0 Å². The number of nitrogens with one attached hydrogen (secondary N) is 1. The Morgan fingerprint density at radius 1 is 1.28 bits per heavy atom. The lowest BCUT2D eigenvalue weighted by Gasteiger charge is -2.38. The zero-order valence-electron chi connectivity index (χ0n) is 16.0. The molecule has 2 aromatic heterocycles. The molecule has 8 heteroatoms. The molecular formula is C21H22FN5O2. The Bertz CT molecular complexity index is 1010. The molecule has 2 bridgehead atoms. The number of rotatable bonds is 4. The normalized spacial score (nSPS) is 28.4. The first-order valence-corrected chi connectivity index (χ1v) is 9.75. The van der Waals surface area contributed by atoms with Gasteiger partial charge in [-0.1, -0.05) is 0 Å². The van der Waals surface area contributed by atoms with E-state index in [1.165, 1.54) is 0 Å². The number of benzene rings is 1. The van der Waals surface area contributed by atoms with Crippen LogP contribution in [0.5, 0.6) is 11.6 Å². The van der Waals surface area contributed by atoms with E-state index in [4.69, 9.17) is 4.74 Å². The van der Waals surface area contributed by atoms with Gasteiger partial charge in [-0.3, -0.25) is 0 Å². The minimum atomic E-state index is -1.06. The number of alkyl halides is 1. The van der Waals surface area contributed by atoms with Crippen LogP contribution in [-0.4, -0.2) is 48.7 Å². The van der Waals surface area contributed by atoms with Crippen LogP contribution in [0.3, 0.4) is 0 Å². The second-order valence-electron chi connectivity index (χ2n) is 8.08. The fourth-order valence-corrected chi connectivity index (χ4v) is 4.38. The second-order valence-corrected chi connectivity index (χ2v) is 8.08. The molecule has 1 aromatic carbocycles. The number of hydrogen-bond acceptors (Lipinski definition) is 6. The third kappa shape index (κ3) is 3.33. The largest absolute Gasteiger partial charge is 0.507 e. The lowest BCUT2D eigenvalue weighted by atomic mass is 9.90. The van der Waals surface area contributed by atoms with Crippen molar-refractivity contribution in [1.82, 2.24) is 25.1 Å². The van der Waals surface area contributed by atoms with Crippen LogP contribution < -0.4 is 10.1 Å². The summed E-state index contributed by atoms with van der Waals surface area (Å²) in [6, 6.07) is 8.52. The van der Waals surface area contributed by atoms with Gasteiger partial charge in [0.25, 0.3) is 0 Å². The number of phenolic OH excluding ortho intramolecular Hbond substituents is 1. The van der Waals surface area contributed by atoms with Gasteiger partial charge in [-0.2, -0.15) is 0 Å². The number of imidazole rings is 1. The summed E-state index contributed by atoms with van der Waals surface area (Å²) in [5, 5.41) is 22.0. The molecule has 0 saturated carbocycles. The standard InChI is InChI=1S/C21H22FN5O2/c1-21-7-6-16(24-21)20(22)18(11-21)29-19-5-4-15(25-26-19)14-3-2-13(10-17(14)28)27-9-8-23-12-27/h2-5,8-10,12,16,18,20,24,28H,6-7,11H2,1H3/t16?,18-,20+,21-/m1/s1. The number of aromatic hydroxyl groups is 1. The monoisotopic (exact) mass is 395 g/mol. The predicted molar refractivity (Wildman–Crippen MR) is 105 cm³/mol. The summed E-state index contributed by atoms with van der Waals surface area (Å²) in [4.78, 5) is 4.00. The highest BCUT2D eigenvalue weighted by atomic mass is 19.1. The molecule has 5 rings (SSSR count). The summed E-state index contributed by atoms with van der Waals surface area (Å²) in [5.41, 5.74) is 1.79. The minimum Gasteiger partial charge on any atom is -0.507 e. The van der Waals surface area contributed by atoms with Gasteiger partial charge in [0, 0.05) is 48.1 Å². The molecule has 0 amide bonds. The van der Waals surface area contributed by atoms with Crippen molar-refractivity contribution in [1.29, 1.82) is 0 Å². The molecule has 29 heavy (non-hydrogen) atoms. The lowest BCUT2D eigenvalue weighted by Crippen LogP contribution is -2.57. The minimum absolute atomic E-state index is 0.0753. The van der Waals surface area contributed by atoms with Crippen LogP contribution >= 0.6 is 0 Å². The first-order chi connectivity index (χ1) is 14.0. The van der Waals surface area contributed by atoms with E-state index < -0.39 is 12.3 Å². The van der Waals surface area contributed by atoms with Gasteiger partial charge in [0.1, 0.15) is 11.9 Å². The first kappa shape index (κ1) is 18.1. The van der Waals surface area contributed by atoms with E-state index >= 15 is 0 Å². The molecule has 2 aliphatic heterocycles. The van der Waals surface area contributed by atoms with Gasteiger partial charge in [-0.25, -0.2) is 9.37 Å². The van der Waals surface area contributed by atoms with Crippen LogP contribution in [0, 0.1) is 0 Å². The molecule has 150 valence electrons. The van der Waals surface area contributed by atoms with Crippen LogP contribution in [0.1, 0.15) is 26.2 Å². The molecule has 0 spiro atoms. The third-order valence-electron chi connectivity index (χ3n) is 5.90. The number of ether oxygens (including phenoxy) is 1. The predicted octanol–water partition coefficient (Wildman–Crippen LogP) is 3.03. The van der Waals surface area contributed by atoms with Crippen molar-refractivity contribution in [3.05, 3.63) is 49.1 Å². The quantitative estimate of drug-likeness (QED) is 0.706. The maximum absolute atomic E-state index is 14.7. The van der Waals surface area contributed by atoms with Crippen LogP contribution in [0.4, 0.5) is 4.39 Å². The molecule has 7 nitrogen and oxygen atoms in total. The molecule has 2 aliphatic rings.